The lowest BCUT2D eigenvalue weighted by molar-refractivity contribution is -0.122. The molecule has 0 aliphatic rings. The maximum Gasteiger partial charge on any atom is 0.265 e. The lowest BCUT2D eigenvalue weighted by atomic mass is 10.1. The van der Waals surface area contributed by atoms with Gasteiger partial charge >= 0.3 is 0 Å². The molecule has 2 N–H and O–H groups in total. The smallest absolute Gasteiger partial charge is 0.265 e. The topological polar surface area (TPSA) is 76.7 Å². The molecule has 2 aromatic rings. The van der Waals surface area contributed by atoms with E-state index in [1.165, 1.54) is 0 Å². The molecule has 0 aliphatic carbocycles. The van der Waals surface area contributed by atoms with Crippen molar-refractivity contribution in [2.24, 2.45) is 0 Å². The van der Waals surface area contributed by atoms with Crippen molar-refractivity contribution in [2.75, 3.05) is 25.6 Å². The van der Waals surface area contributed by atoms with Crippen LogP contribution in [0.25, 0.3) is 0 Å². The van der Waals surface area contributed by atoms with E-state index < -0.39 is 6.10 Å². The maximum atomic E-state index is 12.5. The van der Waals surface area contributed by atoms with Crippen LogP contribution in [0, 0.1) is 0 Å². The van der Waals surface area contributed by atoms with Crippen LogP contribution in [-0.2, 0) is 9.53 Å². The molecule has 0 saturated carbocycles. The molecule has 0 radical (unpaired) electrons. The minimum Gasteiger partial charge on any atom is -0.481 e. The number of carbonyl (C=O) groups excluding carboxylic acids is 2. The van der Waals surface area contributed by atoms with Crippen molar-refractivity contribution in [1.29, 1.82) is 0 Å². The zero-order valence-electron chi connectivity index (χ0n) is 15.3. The quantitative estimate of drug-likeness (QED) is 0.590. The maximum absolute atomic E-state index is 12.5. The zero-order chi connectivity index (χ0) is 19.6. The predicted octanol–water partition coefficient (Wildman–Crippen LogP) is 3.62. The van der Waals surface area contributed by atoms with Gasteiger partial charge in [0.2, 0.25) is 0 Å². The van der Waals surface area contributed by atoms with E-state index in [4.69, 9.17) is 9.47 Å². The summed E-state index contributed by atoms with van der Waals surface area (Å²) in [6.45, 7) is 2.73. The number of nitrogens with one attached hydrogen (secondary N) is 2. The second kappa shape index (κ2) is 10.7. The molecule has 1 atom stereocenters. The number of rotatable bonds is 9. The summed E-state index contributed by atoms with van der Waals surface area (Å²) in [7, 11) is 1.62. The number of hydrogen-bond donors (Lipinski definition) is 2. The second-order valence-corrected chi connectivity index (χ2v) is 6.77. The Morgan fingerprint density at radius 2 is 1.81 bits per heavy atom. The summed E-state index contributed by atoms with van der Waals surface area (Å²) in [5, 5.41) is 5.58. The first-order valence-corrected chi connectivity index (χ1v) is 9.40. The molecule has 0 aromatic heterocycles. The van der Waals surface area contributed by atoms with Gasteiger partial charge in [-0.3, -0.25) is 9.59 Å². The highest BCUT2D eigenvalue weighted by Crippen LogP contribution is 2.19. The first kappa shape index (κ1) is 20.9. The summed E-state index contributed by atoms with van der Waals surface area (Å²) < 4.78 is 11.5. The van der Waals surface area contributed by atoms with Gasteiger partial charge in [-0.15, -0.1) is 0 Å². The number of ether oxygens (including phenoxy) is 2. The number of amides is 2. The van der Waals surface area contributed by atoms with Crippen LogP contribution in [0.5, 0.6) is 5.75 Å². The summed E-state index contributed by atoms with van der Waals surface area (Å²) in [6, 6.07) is 14.1. The number of para-hydroxylation sites is 1. The Morgan fingerprint density at radius 1 is 1.11 bits per heavy atom. The van der Waals surface area contributed by atoms with Crippen LogP contribution in [0.15, 0.2) is 53.0 Å². The van der Waals surface area contributed by atoms with Gasteiger partial charge in [-0.2, -0.15) is 0 Å². The molecule has 0 spiro atoms. The van der Waals surface area contributed by atoms with Gasteiger partial charge in [-0.05, 0) is 49.7 Å². The summed E-state index contributed by atoms with van der Waals surface area (Å²) in [4.78, 5) is 24.8. The van der Waals surface area contributed by atoms with E-state index in [0.717, 1.165) is 10.9 Å². The Balaban J connectivity index is 1.98. The van der Waals surface area contributed by atoms with Gasteiger partial charge < -0.3 is 20.1 Å². The van der Waals surface area contributed by atoms with Gasteiger partial charge in [0.1, 0.15) is 5.75 Å². The number of methoxy groups -OCH3 is 1. The predicted molar refractivity (Wildman–Crippen MR) is 108 cm³/mol. The number of carbonyl (C=O) groups is 2. The molecule has 0 fully saturated rings. The van der Waals surface area contributed by atoms with Crippen LogP contribution < -0.4 is 15.4 Å². The fourth-order valence-electron chi connectivity index (χ4n) is 2.31. The number of benzene rings is 2. The van der Waals surface area contributed by atoms with E-state index in [1.54, 1.807) is 50.4 Å². The van der Waals surface area contributed by atoms with Crippen LogP contribution in [0.2, 0.25) is 0 Å². The Morgan fingerprint density at radius 3 is 2.52 bits per heavy atom. The summed E-state index contributed by atoms with van der Waals surface area (Å²) in [5.74, 6) is 0.00561. The van der Waals surface area contributed by atoms with E-state index in [2.05, 4.69) is 26.6 Å². The molecule has 7 heteroatoms. The van der Waals surface area contributed by atoms with Gasteiger partial charge in [0.25, 0.3) is 11.8 Å². The molecule has 0 bridgehead atoms. The molecule has 2 rings (SSSR count). The molecule has 2 amide bonds. The van der Waals surface area contributed by atoms with E-state index in [9.17, 15) is 9.59 Å². The molecule has 0 aliphatic heterocycles. The fraction of sp³-hybridized carbons (Fsp3) is 0.300. The third-order valence-electron chi connectivity index (χ3n) is 3.74. The molecule has 6 nitrogen and oxygen atoms in total. The standard InChI is InChI=1S/C20H23BrN2O4/c1-14(27-16-10-8-15(21)9-11-16)19(24)23-18-7-4-3-6-17(18)20(25)22-12-5-13-26-2/h3-4,6-11,14H,5,12-13H2,1-2H3,(H,22,25)(H,23,24). The first-order valence-electron chi connectivity index (χ1n) is 8.60. The Bertz CT molecular complexity index is 765. The average molecular weight is 435 g/mol. The number of halogens is 1. The molecular formula is C20H23BrN2O4. The van der Waals surface area contributed by atoms with Crippen LogP contribution in [0.3, 0.4) is 0 Å². The van der Waals surface area contributed by atoms with Crippen LogP contribution in [0.1, 0.15) is 23.7 Å². The highest BCUT2D eigenvalue weighted by molar-refractivity contribution is 9.10. The van der Waals surface area contributed by atoms with Crippen molar-refractivity contribution in [3.8, 4) is 5.75 Å². The SMILES string of the molecule is COCCCNC(=O)c1ccccc1NC(=O)C(C)Oc1ccc(Br)cc1. The molecule has 144 valence electrons. The molecule has 0 saturated heterocycles. The second-order valence-electron chi connectivity index (χ2n) is 5.85. The van der Waals surface area contributed by atoms with Gasteiger partial charge in [0.05, 0.1) is 11.3 Å². The third kappa shape index (κ3) is 6.69. The van der Waals surface area contributed by atoms with Crippen LogP contribution >= 0.6 is 15.9 Å². The van der Waals surface area contributed by atoms with Crippen molar-refractivity contribution >= 4 is 33.4 Å². The fourth-order valence-corrected chi connectivity index (χ4v) is 2.57. The first-order chi connectivity index (χ1) is 13.0. The Hall–Kier alpha value is -2.38. The minimum atomic E-state index is -0.719. The minimum absolute atomic E-state index is 0.247. The van der Waals surface area contributed by atoms with Crippen LogP contribution in [-0.4, -0.2) is 38.2 Å². The van der Waals surface area contributed by atoms with Gasteiger partial charge in [0, 0.05) is 24.7 Å². The molecule has 1 unspecified atom stereocenters. The average Bonchev–Trinajstić information content (AvgIpc) is 2.67. The molecule has 2 aromatic carbocycles. The van der Waals surface area contributed by atoms with Crippen molar-refractivity contribution < 1.29 is 19.1 Å². The Labute approximate surface area is 167 Å². The van der Waals surface area contributed by atoms with Gasteiger partial charge in [0.15, 0.2) is 6.10 Å². The lowest BCUT2D eigenvalue weighted by Gasteiger charge is -2.16. The van der Waals surface area contributed by atoms with E-state index >= 15 is 0 Å². The van der Waals surface area contributed by atoms with E-state index in [-0.39, 0.29) is 11.8 Å². The van der Waals surface area contributed by atoms with E-state index in [0.29, 0.717) is 30.2 Å². The van der Waals surface area contributed by atoms with Gasteiger partial charge in [-0.1, -0.05) is 28.1 Å². The highest BCUT2D eigenvalue weighted by atomic mass is 79.9. The van der Waals surface area contributed by atoms with Gasteiger partial charge in [-0.25, -0.2) is 0 Å². The summed E-state index contributed by atoms with van der Waals surface area (Å²) >= 11 is 3.35. The van der Waals surface area contributed by atoms with Crippen molar-refractivity contribution in [1.82, 2.24) is 5.32 Å². The highest BCUT2D eigenvalue weighted by Gasteiger charge is 2.18. The Kier molecular flexibility index (Phi) is 8.29. The zero-order valence-corrected chi connectivity index (χ0v) is 16.9. The third-order valence-corrected chi connectivity index (χ3v) is 4.26. The normalized spacial score (nSPS) is 11.5. The lowest BCUT2D eigenvalue weighted by Crippen LogP contribution is -2.32. The molecule has 27 heavy (non-hydrogen) atoms. The number of anilines is 1. The van der Waals surface area contributed by atoms with Crippen molar-refractivity contribution in [3.63, 3.8) is 0 Å². The summed E-state index contributed by atoms with van der Waals surface area (Å²) in [6.07, 6.45) is -0.00143. The van der Waals surface area contributed by atoms with E-state index in [1.807, 2.05) is 12.1 Å². The number of hydrogen-bond acceptors (Lipinski definition) is 4. The largest absolute Gasteiger partial charge is 0.481 e. The summed E-state index contributed by atoms with van der Waals surface area (Å²) in [5.41, 5.74) is 0.845. The van der Waals surface area contributed by atoms with Crippen molar-refractivity contribution in [3.05, 3.63) is 58.6 Å². The molecular weight excluding hydrogens is 412 g/mol. The molecule has 0 heterocycles. The van der Waals surface area contributed by atoms with Crippen molar-refractivity contribution in [2.45, 2.75) is 19.4 Å². The van der Waals surface area contributed by atoms with Crippen LogP contribution in [0.4, 0.5) is 5.69 Å². The monoisotopic (exact) mass is 434 g/mol.